The number of carboxylic acids is 1. The van der Waals surface area contributed by atoms with E-state index in [1.807, 2.05) is 5.32 Å². The first-order valence-corrected chi connectivity index (χ1v) is 5.27. The Labute approximate surface area is 105 Å². The molecule has 0 aliphatic heterocycles. The molecule has 0 aliphatic rings. The van der Waals surface area contributed by atoms with Crippen molar-refractivity contribution in [2.75, 3.05) is 5.32 Å². The van der Waals surface area contributed by atoms with Crippen LogP contribution in [0.1, 0.15) is 25.1 Å². The van der Waals surface area contributed by atoms with Crippen molar-refractivity contribution >= 4 is 17.8 Å². The van der Waals surface area contributed by atoms with Crippen molar-refractivity contribution in [1.82, 2.24) is 5.16 Å². The third-order valence-electron chi connectivity index (χ3n) is 2.41. The summed E-state index contributed by atoms with van der Waals surface area (Å²) in [5.41, 5.74) is -1.55. The fraction of sp³-hybridized carbons (Fsp3) is 0.500. The molecule has 1 aromatic heterocycles. The van der Waals surface area contributed by atoms with Gasteiger partial charge in [-0.25, -0.2) is 0 Å². The molecule has 1 rings (SSSR count). The van der Waals surface area contributed by atoms with E-state index in [4.69, 9.17) is 5.11 Å². The minimum absolute atomic E-state index is 0.0740. The molecule has 0 aromatic carbocycles. The summed E-state index contributed by atoms with van der Waals surface area (Å²) in [5.74, 6) is -4.27. The number of carbonyl (C=O) groups excluding carboxylic acids is 1. The van der Waals surface area contributed by atoms with E-state index in [0.717, 1.165) is 6.92 Å². The second kappa shape index (κ2) is 5.29. The number of anilines is 1. The van der Waals surface area contributed by atoms with E-state index >= 15 is 0 Å². The van der Waals surface area contributed by atoms with E-state index in [1.54, 1.807) is 0 Å². The second-order valence-electron chi connectivity index (χ2n) is 3.74. The Kier molecular flexibility index (Phi) is 4.17. The van der Waals surface area contributed by atoms with Crippen molar-refractivity contribution < 1.29 is 32.4 Å². The maximum atomic E-state index is 12.5. The topological polar surface area (TPSA) is 92.4 Å². The number of carbonyl (C=O) groups is 2. The molecule has 0 aliphatic carbocycles. The van der Waals surface area contributed by atoms with Gasteiger partial charge in [0.25, 0.3) is 0 Å². The van der Waals surface area contributed by atoms with Crippen LogP contribution in [0.25, 0.3) is 0 Å². The van der Waals surface area contributed by atoms with Crippen LogP contribution >= 0.6 is 0 Å². The lowest BCUT2D eigenvalue weighted by atomic mass is 10.1. The Balaban J connectivity index is 3.01. The third-order valence-corrected chi connectivity index (χ3v) is 2.41. The van der Waals surface area contributed by atoms with Gasteiger partial charge in [0.1, 0.15) is 5.92 Å². The van der Waals surface area contributed by atoms with Crippen LogP contribution in [-0.2, 0) is 22.2 Å². The summed E-state index contributed by atoms with van der Waals surface area (Å²) in [6.07, 6.45) is -4.77. The number of nitrogens with one attached hydrogen (secondary N) is 1. The van der Waals surface area contributed by atoms with Gasteiger partial charge in [0, 0.05) is 5.56 Å². The van der Waals surface area contributed by atoms with Crippen LogP contribution in [0, 0.1) is 5.92 Å². The molecule has 9 heteroatoms. The highest BCUT2D eigenvalue weighted by Crippen LogP contribution is 2.34. The molecule has 0 fully saturated rings. The highest BCUT2D eigenvalue weighted by atomic mass is 19.4. The predicted molar refractivity (Wildman–Crippen MR) is 56.3 cm³/mol. The van der Waals surface area contributed by atoms with Gasteiger partial charge in [-0.2, -0.15) is 13.2 Å². The molecule has 2 N–H and O–H groups in total. The molecule has 0 bridgehead atoms. The minimum Gasteiger partial charge on any atom is -0.481 e. The zero-order valence-electron chi connectivity index (χ0n) is 10.0. The molecule has 6 nitrogen and oxygen atoms in total. The molecule has 19 heavy (non-hydrogen) atoms. The lowest BCUT2D eigenvalue weighted by molar-refractivity contribution is -0.145. The number of halogens is 3. The van der Waals surface area contributed by atoms with Crippen molar-refractivity contribution in [3.8, 4) is 0 Å². The molecule has 1 aromatic rings. The van der Waals surface area contributed by atoms with E-state index in [-0.39, 0.29) is 12.0 Å². The Hall–Kier alpha value is -2.06. The van der Waals surface area contributed by atoms with Crippen LogP contribution in [0.5, 0.6) is 0 Å². The molecule has 1 amide bonds. The molecule has 0 saturated heterocycles. The van der Waals surface area contributed by atoms with Crippen molar-refractivity contribution in [1.29, 1.82) is 0 Å². The molecule has 0 spiro atoms. The van der Waals surface area contributed by atoms with Gasteiger partial charge in [-0.15, -0.1) is 0 Å². The molecule has 106 valence electrons. The van der Waals surface area contributed by atoms with Gasteiger partial charge in [0.15, 0.2) is 5.69 Å². The summed E-state index contributed by atoms with van der Waals surface area (Å²) in [6, 6.07) is 0. The van der Waals surface area contributed by atoms with Crippen LogP contribution in [-0.4, -0.2) is 22.1 Å². The number of nitrogens with zero attached hydrogens (tertiary/aromatic N) is 1. The van der Waals surface area contributed by atoms with Gasteiger partial charge < -0.3 is 9.63 Å². The minimum atomic E-state index is -4.70. The predicted octanol–water partition coefficient (Wildman–Crippen LogP) is 1.92. The van der Waals surface area contributed by atoms with Gasteiger partial charge in [-0.1, -0.05) is 12.1 Å². The first-order chi connectivity index (χ1) is 8.68. The van der Waals surface area contributed by atoms with Gasteiger partial charge in [-0.05, 0) is 13.3 Å². The molecule has 0 saturated carbocycles. The van der Waals surface area contributed by atoms with Crippen LogP contribution in [0.15, 0.2) is 4.52 Å². The van der Waals surface area contributed by atoms with Crippen LogP contribution in [0.4, 0.5) is 19.1 Å². The SMILES string of the molecule is CCc1c(C(F)(F)F)noc1NC(=O)C(C)C(=O)O. The quantitative estimate of drug-likeness (QED) is 0.822. The molecule has 0 radical (unpaired) electrons. The second-order valence-corrected chi connectivity index (χ2v) is 3.74. The summed E-state index contributed by atoms with van der Waals surface area (Å²) in [7, 11) is 0. The summed E-state index contributed by atoms with van der Waals surface area (Å²) >= 11 is 0. The average molecular weight is 280 g/mol. The van der Waals surface area contributed by atoms with Crippen molar-refractivity contribution in [2.45, 2.75) is 26.4 Å². The number of hydrogen-bond donors (Lipinski definition) is 2. The van der Waals surface area contributed by atoms with E-state index in [2.05, 4.69) is 9.68 Å². The summed E-state index contributed by atoms with van der Waals surface area (Å²) in [6.45, 7) is 2.53. The lowest BCUT2D eigenvalue weighted by Gasteiger charge is -2.07. The highest BCUT2D eigenvalue weighted by Gasteiger charge is 2.39. The number of aliphatic carboxylic acids is 1. The van der Waals surface area contributed by atoms with Gasteiger partial charge in [0.05, 0.1) is 0 Å². The standard InChI is InChI=1S/C10H11F3N2O4/c1-3-5-6(10(11,12)13)15-19-8(5)14-7(16)4(2)9(17)18/h4H,3H2,1-2H3,(H,14,16)(H,17,18). The fourth-order valence-corrected chi connectivity index (χ4v) is 1.29. The normalized spacial score (nSPS) is 13.1. The van der Waals surface area contributed by atoms with E-state index in [1.165, 1.54) is 6.92 Å². The Morgan fingerprint density at radius 2 is 2.05 bits per heavy atom. The van der Waals surface area contributed by atoms with E-state index < -0.39 is 35.5 Å². The first kappa shape index (κ1) is 15.0. The Bertz CT molecular complexity index is 495. The fourth-order valence-electron chi connectivity index (χ4n) is 1.29. The highest BCUT2D eigenvalue weighted by molar-refractivity contribution is 6.03. The molecular weight excluding hydrogens is 269 g/mol. The van der Waals surface area contributed by atoms with Crippen molar-refractivity contribution in [2.24, 2.45) is 5.92 Å². The van der Waals surface area contributed by atoms with Crippen LogP contribution in [0.2, 0.25) is 0 Å². The third kappa shape index (κ3) is 3.24. The monoisotopic (exact) mass is 280 g/mol. The van der Waals surface area contributed by atoms with E-state index in [0.29, 0.717) is 0 Å². The number of carboxylic acid groups (broad SMARTS) is 1. The smallest absolute Gasteiger partial charge is 0.437 e. The van der Waals surface area contributed by atoms with E-state index in [9.17, 15) is 22.8 Å². The summed E-state index contributed by atoms with van der Waals surface area (Å²) in [4.78, 5) is 22.0. The number of rotatable bonds is 4. The Morgan fingerprint density at radius 1 is 1.47 bits per heavy atom. The average Bonchev–Trinajstić information content (AvgIpc) is 2.70. The maximum Gasteiger partial charge on any atom is 0.437 e. The summed E-state index contributed by atoms with van der Waals surface area (Å²) < 4.78 is 42.0. The van der Waals surface area contributed by atoms with Gasteiger partial charge in [0.2, 0.25) is 11.8 Å². The number of aromatic nitrogens is 1. The van der Waals surface area contributed by atoms with Crippen molar-refractivity contribution in [3.63, 3.8) is 0 Å². The van der Waals surface area contributed by atoms with Gasteiger partial charge >= 0.3 is 12.1 Å². The molecule has 1 heterocycles. The number of amides is 1. The maximum absolute atomic E-state index is 12.5. The van der Waals surface area contributed by atoms with Crippen LogP contribution in [0.3, 0.4) is 0 Å². The number of hydrogen-bond acceptors (Lipinski definition) is 4. The molecule has 1 atom stereocenters. The molecular formula is C10H11F3N2O4. The van der Waals surface area contributed by atoms with Gasteiger partial charge in [-0.3, -0.25) is 14.9 Å². The summed E-state index contributed by atoms with van der Waals surface area (Å²) in [5, 5.41) is 13.4. The molecule has 1 unspecified atom stereocenters. The first-order valence-electron chi connectivity index (χ1n) is 5.27. The van der Waals surface area contributed by atoms with Crippen molar-refractivity contribution in [3.05, 3.63) is 11.3 Å². The number of alkyl halides is 3. The zero-order chi connectivity index (χ0) is 14.8. The lowest BCUT2D eigenvalue weighted by Crippen LogP contribution is -2.27. The zero-order valence-corrected chi connectivity index (χ0v) is 10.0. The largest absolute Gasteiger partial charge is 0.481 e. The Morgan fingerprint density at radius 3 is 2.47 bits per heavy atom. The van der Waals surface area contributed by atoms with Crippen LogP contribution < -0.4 is 5.32 Å².